The van der Waals surface area contributed by atoms with E-state index >= 15 is 0 Å². The average molecular weight is 318 g/mol. The molecule has 1 aromatic carbocycles. The Kier molecular flexibility index (Phi) is 5.00. The van der Waals surface area contributed by atoms with E-state index < -0.39 is 0 Å². The second kappa shape index (κ2) is 7.15. The number of fused-ring (bicyclic) bond motifs is 1. The number of rotatable bonds is 5. The van der Waals surface area contributed by atoms with E-state index in [4.69, 9.17) is 10.6 Å². The molecule has 1 aliphatic rings. The molecule has 0 saturated carbocycles. The maximum absolute atomic E-state index is 6.14. The summed E-state index contributed by atoms with van der Waals surface area (Å²) in [5, 5.41) is 9.64. The van der Waals surface area contributed by atoms with Crippen LogP contribution in [-0.4, -0.2) is 28.6 Å². The van der Waals surface area contributed by atoms with Gasteiger partial charge in [-0.3, -0.25) is 0 Å². The molecule has 0 amide bonds. The van der Waals surface area contributed by atoms with Crippen LogP contribution in [0.1, 0.15) is 41.5 Å². The SMILES string of the molecule is COCCc1nnc(S[C@H]2CCCCc3ccccc32)n1N. The molecule has 0 saturated heterocycles. The van der Waals surface area contributed by atoms with Gasteiger partial charge in [0.15, 0.2) is 5.82 Å². The van der Waals surface area contributed by atoms with Crippen LogP contribution in [0, 0.1) is 0 Å². The van der Waals surface area contributed by atoms with Crippen molar-refractivity contribution in [3.8, 4) is 0 Å². The van der Waals surface area contributed by atoms with Crippen molar-refractivity contribution in [2.45, 2.75) is 42.5 Å². The summed E-state index contributed by atoms with van der Waals surface area (Å²) < 4.78 is 6.69. The molecule has 0 unspecified atom stereocenters. The number of methoxy groups -OCH3 is 1. The van der Waals surface area contributed by atoms with Gasteiger partial charge in [0.25, 0.3) is 0 Å². The Morgan fingerprint density at radius 2 is 2.18 bits per heavy atom. The highest BCUT2D eigenvalue weighted by Gasteiger charge is 2.22. The van der Waals surface area contributed by atoms with Gasteiger partial charge in [-0.2, -0.15) is 0 Å². The van der Waals surface area contributed by atoms with E-state index in [0.717, 1.165) is 17.4 Å². The van der Waals surface area contributed by atoms with Gasteiger partial charge in [0, 0.05) is 18.8 Å². The molecule has 5 nitrogen and oxygen atoms in total. The number of nitrogen functional groups attached to an aromatic ring is 1. The van der Waals surface area contributed by atoms with Crippen LogP contribution in [0.15, 0.2) is 29.4 Å². The molecule has 2 N–H and O–H groups in total. The molecule has 0 bridgehead atoms. The van der Waals surface area contributed by atoms with Crippen LogP contribution in [0.25, 0.3) is 0 Å². The molecule has 22 heavy (non-hydrogen) atoms. The molecule has 0 aliphatic heterocycles. The Labute approximate surface area is 135 Å². The van der Waals surface area contributed by atoms with Crippen LogP contribution in [0.5, 0.6) is 0 Å². The van der Waals surface area contributed by atoms with Gasteiger partial charge in [-0.25, -0.2) is 4.68 Å². The summed E-state index contributed by atoms with van der Waals surface area (Å²) in [6.45, 7) is 0.603. The Hall–Kier alpha value is -1.53. The molecule has 2 aromatic rings. The van der Waals surface area contributed by atoms with Crippen molar-refractivity contribution in [1.82, 2.24) is 14.9 Å². The van der Waals surface area contributed by atoms with E-state index in [2.05, 4.69) is 34.5 Å². The smallest absolute Gasteiger partial charge is 0.210 e. The Bertz CT molecular complexity index is 628. The van der Waals surface area contributed by atoms with Gasteiger partial charge < -0.3 is 10.6 Å². The number of aryl methyl sites for hydroxylation is 1. The normalized spacial score (nSPS) is 18.0. The molecule has 1 atom stereocenters. The van der Waals surface area contributed by atoms with Crippen molar-refractivity contribution in [2.75, 3.05) is 19.6 Å². The predicted molar refractivity (Wildman–Crippen MR) is 88.3 cm³/mol. The molecular weight excluding hydrogens is 296 g/mol. The third-order valence-electron chi connectivity index (χ3n) is 4.08. The van der Waals surface area contributed by atoms with Gasteiger partial charge in [0.1, 0.15) is 0 Å². The summed E-state index contributed by atoms with van der Waals surface area (Å²) in [6, 6.07) is 8.72. The third-order valence-corrected chi connectivity index (χ3v) is 5.34. The van der Waals surface area contributed by atoms with Gasteiger partial charge in [-0.15, -0.1) is 10.2 Å². The largest absolute Gasteiger partial charge is 0.384 e. The maximum atomic E-state index is 6.14. The zero-order chi connectivity index (χ0) is 15.4. The fourth-order valence-corrected chi connectivity index (χ4v) is 4.08. The van der Waals surface area contributed by atoms with Gasteiger partial charge in [0.05, 0.1) is 6.61 Å². The number of nitrogens with zero attached hydrogens (tertiary/aromatic N) is 3. The lowest BCUT2D eigenvalue weighted by Crippen LogP contribution is -2.15. The molecule has 1 aromatic heterocycles. The van der Waals surface area contributed by atoms with Gasteiger partial charge >= 0.3 is 0 Å². The van der Waals surface area contributed by atoms with E-state index in [0.29, 0.717) is 18.3 Å². The van der Waals surface area contributed by atoms with Gasteiger partial charge in [0.2, 0.25) is 5.16 Å². The fourth-order valence-electron chi connectivity index (χ4n) is 2.88. The highest BCUT2D eigenvalue weighted by molar-refractivity contribution is 7.99. The summed E-state index contributed by atoms with van der Waals surface area (Å²) in [6.07, 6.45) is 5.50. The molecular formula is C16H22N4OS. The molecule has 3 rings (SSSR count). The number of thioether (sulfide) groups is 1. The summed E-state index contributed by atoms with van der Waals surface area (Å²) in [7, 11) is 1.68. The maximum Gasteiger partial charge on any atom is 0.210 e. The summed E-state index contributed by atoms with van der Waals surface area (Å²) in [4.78, 5) is 0. The number of ether oxygens (including phenoxy) is 1. The van der Waals surface area contributed by atoms with E-state index in [-0.39, 0.29) is 0 Å². The minimum absolute atomic E-state index is 0.403. The van der Waals surface area contributed by atoms with Crippen molar-refractivity contribution in [2.24, 2.45) is 0 Å². The Balaban J connectivity index is 1.80. The number of hydrogen-bond donors (Lipinski definition) is 1. The lowest BCUT2D eigenvalue weighted by molar-refractivity contribution is 0.200. The van der Waals surface area contributed by atoms with Crippen molar-refractivity contribution in [3.63, 3.8) is 0 Å². The lowest BCUT2D eigenvalue weighted by atomic mass is 10.0. The highest BCUT2D eigenvalue weighted by Crippen LogP contribution is 2.41. The second-order valence-corrected chi connectivity index (χ2v) is 6.73. The minimum Gasteiger partial charge on any atom is -0.384 e. The molecule has 1 heterocycles. The minimum atomic E-state index is 0.403. The number of benzene rings is 1. The molecule has 6 heteroatoms. The molecule has 1 aliphatic carbocycles. The molecule has 0 fully saturated rings. The monoisotopic (exact) mass is 318 g/mol. The summed E-state index contributed by atoms with van der Waals surface area (Å²) >= 11 is 1.73. The first-order valence-electron chi connectivity index (χ1n) is 7.72. The van der Waals surface area contributed by atoms with Crippen molar-refractivity contribution in [3.05, 3.63) is 41.2 Å². The average Bonchev–Trinajstić information content (AvgIpc) is 2.76. The van der Waals surface area contributed by atoms with E-state index in [9.17, 15) is 0 Å². The summed E-state index contributed by atoms with van der Waals surface area (Å²) in [5.41, 5.74) is 2.88. The molecule has 0 radical (unpaired) electrons. The predicted octanol–water partition coefficient (Wildman–Crippen LogP) is 2.74. The zero-order valence-corrected chi connectivity index (χ0v) is 13.7. The highest BCUT2D eigenvalue weighted by atomic mass is 32.2. The van der Waals surface area contributed by atoms with Crippen LogP contribution in [-0.2, 0) is 17.6 Å². The topological polar surface area (TPSA) is 66.0 Å². The number of nitrogens with two attached hydrogens (primary N) is 1. The first-order chi connectivity index (χ1) is 10.8. The zero-order valence-electron chi connectivity index (χ0n) is 12.9. The van der Waals surface area contributed by atoms with E-state index in [1.807, 2.05) is 0 Å². The van der Waals surface area contributed by atoms with E-state index in [1.165, 1.54) is 30.4 Å². The first-order valence-corrected chi connectivity index (χ1v) is 8.60. The summed E-state index contributed by atoms with van der Waals surface area (Å²) in [5.74, 6) is 6.91. The van der Waals surface area contributed by atoms with Crippen molar-refractivity contribution < 1.29 is 4.74 Å². The van der Waals surface area contributed by atoms with Crippen LogP contribution in [0.2, 0.25) is 0 Å². The van der Waals surface area contributed by atoms with Crippen LogP contribution >= 0.6 is 11.8 Å². The molecule has 0 spiro atoms. The van der Waals surface area contributed by atoms with Crippen LogP contribution in [0.4, 0.5) is 0 Å². The fraction of sp³-hybridized carbons (Fsp3) is 0.500. The lowest BCUT2D eigenvalue weighted by Gasteiger charge is -2.16. The van der Waals surface area contributed by atoms with Gasteiger partial charge in [-0.05, 0) is 30.4 Å². The van der Waals surface area contributed by atoms with Crippen LogP contribution < -0.4 is 5.84 Å². The van der Waals surface area contributed by atoms with E-state index in [1.54, 1.807) is 23.5 Å². The molecule has 118 valence electrons. The Morgan fingerprint density at radius 3 is 3.05 bits per heavy atom. The van der Waals surface area contributed by atoms with Crippen LogP contribution in [0.3, 0.4) is 0 Å². The quantitative estimate of drug-likeness (QED) is 0.678. The standard InChI is InChI=1S/C16H22N4OS/c1-21-11-10-15-18-19-16(20(15)17)22-14-9-5-3-7-12-6-2-4-8-13(12)14/h2,4,6,8,14H,3,5,7,9-11,17H2,1H3/t14-/m0/s1. The number of hydrogen-bond acceptors (Lipinski definition) is 5. The van der Waals surface area contributed by atoms with Gasteiger partial charge in [-0.1, -0.05) is 42.4 Å². The first kappa shape index (κ1) is 15.4. The van der Waals surface area contributed by atoms with Crippen molar-refractivity contribution in [1.29, 1.82) is 0 Å². The second-order valence-electron chi connectivity index (χ2n) is 5.56. The third kappa shape index (κ3) is 3.28. The number of aromatic nitrogens is 3. The Morgan fingerprint density at radius 1 is 1.32 bits per heavy atom. The van der Waals surface area contributed by atoms with Crippen molar-refractivity contribution >= 4 is 11.8 Å².